The number of aromatic nitrogens is 5. The molecule has 0 amide bonds. The minimum Gasteiger partial charge on any atom is -0.480 e. The lowest BCUT2D eigenvalue weighted by Crippen LogP contribution is -2.28. The van der Waals surface area contributed by atoms with E-state index in [4.69, 9.17) is 23.2 Å². The summed E-state index contributed by atoms with van der Waals surface area (Å²) in [6, 6.07) is 5.48. The van der Waals surface area contributed by atoms with Gasteiger partial charge in [0.2, 0.25) is 0 Å². The fraction of sp³-hybridized carbons (Fsp3) is 0.188. The lowest BCUT2D eigenvalue weighted by Gasteiger charge is -2.12. The predicted molar refractivity (Wildman–Crippen MR) is 93.9 cm³/mol. The molecule has 3 heterocycles. The minimum atomic E-state index is -1.04. The number of aryl methyl sites for hydroxylation is 1. The number of fused-ring (bicyclic) bond motifs is 1. The maximum Gasteiger partial charge on any atom is 0.326 e. The molecule has 0 radical (unpaired) electrons. The van der Waals surface area contributed by atoms with Crippen molar-refractivity contribution in [1.29, 1.82) is 0 Å². The van der Waals surface area contributed by atoms with Gasteiger partial charge in [-0.1, -0.05) is 28.4 Å². The lowest BCUT2D eigenvalue weighted by atomic mass is 10.1. The standard InChI is InChI=1S/C16H11Cl2N5O3/c17-8-1-2-11(22-7-13(18)20-21-22)9(5-8)10-6-15(24)23-12(16(25)26)3-4-14(23)19-10/h1-2,5-7,12H,3-4H2,(H,25,26)/t12-/m0/s1. The maximum absolute atomic E-state index is 12.5. The average molecular weight is 392 g/mol. The molecule has 0 saturated heterocycles. The van der Waals surface area contributed by atoms with E-state index in [0.717, 1.165) is 0 Å². The van der Waals surface area contributed by atoms with Gasteiger partial charge in [-0.25, -0.2) is 14.5 Å². The Morgan fingerprint density at radius 2 is 2.08 bits per heavy atom. The Bertz CT molecular complexity index is 1090. The van der Waals surface area contributed by atoms with Gasteiger partial charge in [-0.15, -0.1) is 5.10 Å². The van der Waals surface area contributed by atoms with Gasteiger partial charge in [0.15, 0.2) is 5.15 Å². The van der Waals surface area contributed by atoms with Crippen LogP contribution in [-0.4, -0.2) is 35.6 Å². The number of benzene rings is 1. The highest BCUT2D eigenvalue weighted by molar-refractivity contribution is 6.31. The Labute approximate surface area is 156 Å². The van der Waals surface area contributed by atoms with Crippen LogP contribution in [0.1, 0.15) is 18.3 Å². The number of carboxylic acid groups (broad SMARTS) is 1. The second-order valence-corrected chi connectivity index (χ2v) is 6.63. The summed E-state index contributed by atoms with van der Waals surface area (Å²) in [6.07, 6.45) is 2.27. The van der Waals surface area contributed by atoms with E-state index in [1.54, 1.807) is 18.2 Å². The van der Waals surface area contributed by atoms with Crippen molar-refractivity contribution in [2.75, 3.05) is 0 Å². The van der Waals surface area contributed by atoms with Gasteiger partial charge in [-0.3, -0.25) is 9.36 Å². The number of aliphatic carboxylic acids is 1. The third kappa shape index (κ3) is 2.77. The Morgan fingerprint density at radius 3 is 2.77 bits per heavy atom. The number of rotatable bonds is 3. The summed E-state index contributed by atoms with van der Waals surface area (Å²) >= 11 is 12.0. The Kier molecular flexibility index (Phi) is 4.01. The number of hydrogen-bond donors (Lipinski definition) is 1. The van der Waals surface area contributed by atoms with Crippen LogP contribution in [0.4, 0.5) is 0 Å². The number of nitrogens with zero attached hydrogens (tertiary/aromatic N) is 5. The molecule has 1 aliphatic heterocycles. The van der Waals surface area contributed by atoms with Crippen LogP contribution in [0.25, 0.3) is 16.9 Å². The van der Waals surface area contributed by atoms with Gasteiger partial charge in [0.05, 0.1) is 17.6 Å². The van der Waals surface area contributed by atoms with Crippen molar-refractivity contribution < 1.29 is 9.90 Å². The van der Waals surface area contributed by atoms with Crippen molar-refractivity contribution in [1.82, 2.24) is 24.5 Å². The first-order valence-electron chi connectivity index (χ1n) is 7.67. The Hall–Kier alpha value is -2.71. The van der Waals surface area contributed by atoms with E-state index in [-0.39, 0.29) is 5.15 Å². The van der Waals surface area contributed by atoms with E-state index < -0.39 is 17.6 Å². The summed E-state index contributed by atoms with van der Waals surface area (Å²) in [6.45, 7) is 0. The van der Waals surface area contributed by atoms with E-state index in [2.05, 4.69) is 15.3 Å². The average Bonchev–Trinajstić information content (AvgIpc) is 3.21. The van der Waals surface area contributed by atoms with E-state index in [0.29, 0.717) is 40.6 Å². The van der Waals surface area contributed by atoms with E-state index in [9.17, 15) is 14.7 Å². The first kappa shape index (κ1) is 16.7. The van der Waals surface area contributed by atoms with Crippen molar-refractivity contribution in [3.8, 4) is 16.9 Å². The predicted octanol–water partition coefficient (Wildman–Crippen LogP) is 2.37. The number of carboxylic acids is 1. The second-order valence-electron chi connectivity index (χ2n) is 5.81. The largest absolute Gasteiger partial charge is 0.480 e. The highest BCUT2D eigenvalue weighted by Crippen LogP contribution is 2.30. The zero-order valence-electron chi connectivity index (χ0n) is 13.1. The van der Waals surface area contributed by atoms with Crippen LogP contribution in [0.15, 0.2) is 35.3 Å². The summed E-state index contributed by atoms with van der Waals surface area (Å²) in [4.78, 5) is 28.3. The second kappa shape index (κ2) is 6.22. The third-order valence-electron chi connectivity index (χ3n) is 4.21. The Morgan fingerprint density at radius 1 is 1.27 bits per heavy atom. The minimum absolute atomic E-state index is 0.220. The molecule has 1 aliphatic rings. The molecule has 1 aromatic carbocycles. The quantitative estimate of drug-likeness (QED) is 0.734. The van der Waals surface area contributed by atoms with Crippen molar-refractivity contribution in [3.05, 3.63) is 56.8 Å². The summed E-state index contributed by atoms with van der Waals surface area (Å²) in [5, 5.41) is 17.6. The van der Waals surface area contributed by atoms with Crippen molar-refractivity contribution >= 4 is 29.2 Å². The lowest BCUT2D eigenvalue weighted by molar-refractivity contribution is -0.140. The Balaban J connectivity index is 1.90. The molecule has 0 fully saturated rings. The molecule has 8 nitrogen and oxygen atoms in total. The molecular weight excluding hydrogens is 381 g/mol. The molecule has 1 N–H and O–H groups in total. The SMILES string of the molecule is O=C(O)[C@@H]1CCc2nc(-c3cc(Cl)ccc3-n3cc(Cl)nn3)cc(=O)n21. The molecule has 0 bridgehead atoms. The molecule has 1 atom stereocenters. The van der Waals surface area contributed by atoms with Crippen molar-refractivity contribution in [3.63, 3.8) is 0 Å². The number of carbonyl (C=O) groups is 1. The zero-order valence-corrected chi connectivity index (χ0v) is 14.6. The van der Waals surface area contributed by atoms with Crippen LogP contribution < -0.4 is 5.56 Å². The van der Waals surface area contributed by atoms with E-state index in [1.807, 2.05) is 0 Å². The maximum atomic E-state index is 12.5. The van der Waals surface area contributed by atoms with Crippen LogP contribution in [0.3, 0.4) is 0 Å². The zero-order chi connectivity index (χ0) is 18.4. The third-order valence-corrected chi connectivity index (χ3v) is 4.62. The van der Waals surface area contributed by atoms with E-state index >= 15 is 0 Å². The first-order valence-corrected chi connectivity index (χ1v) is 8.43. The highest BCUT2D eigenvalue weighted by Gasteiger charge is 2.30. The van der Waals surface area contributed by atoms with Gasteiger partial charge in [0.1, 0.15) is 11.9 Å². The molecule has 3 aromatic rings. The molecule has 0 spiro atoms. The summed E-state index contributed by atoms with van der Waals surface area (Å²) in [5.74, 6) is -0.608. The van der Waals surface area contributed by atoms with Crippen LogP contribution in [-0.2, 0) is 11.2 Å². The van der Waals surface area contributed by atoms with Crippen LogP contribution in [0.2, 0.25) is 10.2 Å². The molecule has 0 aliphatic carbocycles. The summed E-state index contributed by atoms with van der Waals surface area (Å²) in [7, 11) is 0. The first-order chi connectivity index (χ1) is 12.4. The molecule has 0 saturated carbocycles. The van der Waals surface area contributed by atoms with Gasteiger partial charge in [0.25, 0.3) is 5.56 Å². The van der Waals surface area contributed by atoms with Gasteiger partial charge >= 0.3 is 5.97 Å². The van der Waals surface area contributed by atoms with Crippen molar-refractivity contribution in [2.45, 2.75) is 18.9 Å². The van der Waals surface area contributed by atoms with Gasteiger partial charge in [-0.2, -0.15) is 0 Å². The molecule has 132 valence electrons. The molecule has 10 heteroatoms. The fourth-order valence-corrected chi connectivity index (χ4v) is 3.39. The van der Waals surface area contributed by atoms with E-state index in [1.165, 1.54) is 21.5 Å². The fourth-order valence-electron chi connectivity index (χ4n) is 3.09. The van der Waals surface area contributed by atoms with Gasteiger partial charge in [0, 0.05) is 23.1 Å². The topological polar surface area (TPSA) is 103 Å². The summed E-state index contributed by atoms with van der Waals surface area (Å²) in [5.41, 5.74) is 1.13. The van der Waals surface area contributed by atoms with Crippen LogP contribution >= 0.6 is 23.2 Å². The summed E-state index contributed by atoms with van der Waals surface area (Å²) < 4.78 is 2.68. The van der Waals surface area contributed by atoms with Crippen LogP contribution in [0, 0.1) is 0 Å². The molecule has 0 unspecified atom stereocenters. The normalized spacial score (nSPS) is 15.8. The van der Waals surface area contributed by atoms with Gasteiger partial charge < -0.3 is 5.11 Å². The molecule has 4 rings (SSSR count). The number of halogens is 2. The molecule has 26 heavy (non-hydrogen) atoms. The number of hydrogen-bond acceptors (Lipinski definition) is 5. The monoisotopic (exact) mass is 391 g/mol. The smallest absolute Gasteiger partial charge is 0.326 e. The molecule has 2 aromatic heterocycles. The van der Waals surface area contributed by atoms with Crippen LogP contribution in [0.5, 0.6) is 0 Å². The molecular formula is C16H11Cl2N5O3. The highest BCUT2D eigenvalue weighted by atomic mass is 35.5. The van der Waals surface area contributed by atoms with Gasteiger partial charge in [-0.05, 0) is 24.6 Å². The van der Waals surface area contributed by atoms with Crippen molar-refractivity contribution in [2.24, 2.45) is 0 Å².